The van der Waals surface area contributed by atoms with E-state index in [1.807, 2.05) is 12.1 Å². The molecule has 0 bridgehead atoms. The van der Waals surface area contributed by atoms with Gasteiger partial charge in [-0.05, 0) is 42.4 Å². The minimum atomic E-state index is -2.74. The molecule has 0 heterocycles. The molecular formula is C22H34F2O. The van der Waals surface area contributed by atoms with Gasteiger partial charge in [-0.1, -0.05) is 83.3 Å². The van der Waals surface area contributed by atoms with Crippen LogP contribution >= 0.6 is 0 Å². The molecule has 1 saturated carbocycles. The molecule has 0 atom stereocenters. The van der Waals surface area contributed by atoms with Gasteiger partial charge in [0.2, 0.25) is 0 Å². The van der Waals surface area contributed by atoms with Crippen LogP contribution in [0.15, 0.2) is 24.3 Å². The maximum atomic E-state index is 12.2. The summed E-state index contributed by atoms with van der Waals surface area (Å²) in [6.45, 7) is -0.472. The van der Waals surface area contributed by atoms with Crippen LogP contribution in [0.2, 0.25) is 0 Å². The van der Waals surface area contributed by atoms with Crippen LogP contribution in [0.4, 0.5) is 8.78 Å². The van der Waals surface area contributed by atoms with E-state index in [0.717, 1.165) is 18.3 Å². The normalized spacial score (nSPS) is 20.8. The second kappa shape index (κ2) is 11.5. The van der Waals surface area contributed by atoms with E-state index in [-0.39, 0.29) is 5.75 Å². The molecule has 1 aromatic carbocycles. The minimum absolute atomic E-state index is 0.248. The first-order chi connectivity index (χ1) is 12.2. The molecule has 0 N–H and O–H groups in total. The number of rotatable bonds is 11. The maximum absolute atomic E-state index is 12.2. The fourth-order valence-electron chi connectivity index (χ4n) is 4.05. The van der Waals surface area contributed by atoms with Crippen molar-refractivity contribution < 1.29 is 13.5 Å². The third-order valence-electron chi connectivity index (χ3n) is 5.67. The van der Waals surface area contributed by atoms with Crippen LogP contribution < -0.4 is 4.74 Å². The highest BCUT2D eigenvalue weighted by Gasteiger charge is 2.20. The molecule has 142 valence electrons. The van der Waals surface area contributed by atoms with E-state index in [1.54, 1.807) is 12.1 Å². The van der Waals surface area contributed by atoms with Crippen molar-refractivity contribution in [3.05, 3.63) is 29.8 Å². The average Bonchev–Trinajstić information content (AvgIpc) is 2.61. The van der Waals surface area contributed by atoms with E-state index in [2.05, 4.69) is 11.7 Å². The van der Waals surface area contributed by atoms with Crippen LogP contribution in [0.1, 0.15) is 83.1 Å². The molecule has 0 aliphatic heterocycles. The molecule has 1 aliphatic rings. The molecule has 25 heavy (non-hydrogen) atoms. The summed E-state index contributed by atoms with van der Waals surface area (Å²) in [5, 5.41) is 0. The van der Waals surface area contributed by atoms with Gasteiger partial charge in [-0.15, -0.1) is 0 Å². The number of benzene rings is 1. The first-order valence-electron chi connectivity index (χ1n) is 10.2. The van der Waals surface area contributed by atoms with Gasteiger partial charge in [-0.3, -0.25) is 0 Å². The summed E-state index contributed by atoms with van der Waals surface area (Å²) in [4.78, 5) is 0. The molecule has 3 heteroatoms. The van der Waals surface area contributed by atoms with Crippen LogP contribution in [-0.4, -0.2) is 6.61 Å². The van der Waals surface area contributed by atoms with Crippen molar-refractivity contribution in [3.63, 3.8) is 0 Å². The Morgan fingerprint density at radius 2 is 1.48 bits per heavy atom. The van der Waals surface area contributed by atoms with Crippen LogP contribution in [0, 0.1) is 11.8 Å². The molecule has 0 amide bonds. The summed E-state index contributed by atoms with van der Waals surface area (Å²) in [5.41, 5.74) is 1.22. The monoisotopic (exact) mass is 352 g/mol. The number of aryl methyl sites for hydroxylation is 1. The Morgan fingerprint density at radius 1 is 0.880 bits per heavy atom. The van der Waals surface area contributed by atoms with E-state index in [0.29, 0.717) is 0 Å². The van der Waals surface area contributed by atoms with E-state index in [1.165, 1.54) is 76.2 Å². The summed E-state index contributed by atoms with van der Waals surface area (Å²) in [6, 6.07) is 7.13. The molecule has 0 unspecified atom stereocenters. The molecule has 1 aromatic rings. The van der Waals surface area contributed by atoms with Gasteiger partial charge in [-0.25, -0.2) is 0 Å². The van der Waals surface area contributed by atoms with Gasteiger partial charge in [-0.2, -0.15) is 8.78 Å². The van der Waals surface area contributed by atoms with Crippen molar-refractivity contribution in [1.29, 1.82) is 0 Å². The largest absolute Gasteiger partial charge is 0.435 e. The summed E-state index contributed by atoms with van der Waals surface area (Å²) >= 11 is 0. The molecule has 1 aliphatic carbocycles. The topological polar surface area (TPSA) is 9.23 Å². The van der Waals surface area contributed by atoms with Gasteiger partial charge >= 0.3 is 6.61 Å². The Morgan fingerprint density at radius 3 is 2.08 bits per heavy atom. The van der Waals surface area contributed by atoms with Crippen molar-refractivity contribution in [1.82, 2.24) is 0 Å². The van der Waals surface area contributed by atoms with Crippen molar-refractivity contribution in [2.45, 2.75) is 90.6 Å². The fraction of sp³-hybridized carbons (Fsp3) is 0.727. The molecule has 0 aromatic heterocycles. The Balaban J connectivity index is 1.59. The van der Waals surface area contributed by atoms with Gasteiger partial charge in [0.05, 0.1) is 0 Å². The van der Waals surface area contributed by atoms with Crippen molar-refractivity contribution in [2.75, 3.05) is 0 Å². The number of ether oxygens (including phenoxy) is 1. The van der Waals surface area contributed by atoms with E-state index < -0.39 is 6.61 Å². The smallest absolute Gasteiger partial charge is 0.387 e. The molecule has 0 saturated heterocycles. The van der Waals surface area contributed by atoms with Gasteiger partial charge in [0.15, 0.2) is 0 Å². The van der Waals surface area contributed by atoms with Crippen molar-refractivity contribution in [3.8, 4) is 5.75 Å². The lowest BCUT2D eigenvalue weighted by molar-refractivity contribution is -0.0498. The number of hydrogen-bond acceptors (Lipinski definition) is 1. The van der Waals surface area contributed by atoms with E-state index in [9.17, 15) is 8.78 Å². The average molecular weight is 353 g/mol. The fourth-order valence-corrected chi connectivity index (χ4v) is 4.05. The summed E-state index contributed by atoms with van der Waals surface area (Å²) < 4.78 is 28.7. The Labute approximate surface area is 152 Å². The summed E-state index contributed by atoms with van der Waals surface area (Å²) in [7, 11) is 0. The summed E-state index contributed by atoms with van der Waals surface area (Å²) in [6.07, 6.45) is 16.2. The highest BCUT2D eigenvalue weighted by molar-refractivity contribution is 5.27. The summed E-state index contributed by atoms with van der Waals surface area (Å²) in [5.74, 6) is 2.05. The molecule has 2 rings (SSSR count). The third kappa shape index (κ3) is 8.20. The lowest BCUT2D eigenvalue weighted by atomic mass is 9.78. The lowest BCUT2D eigenvalue weighted by Gasteiger charge is -2.28. The zero-order valence-electron chi connectivity index (χ0n) is 15.7. The first-order valence-corrected chi connectivity index (χ1v) is 10.2. The Hall–Kier alpha value is -1.12. The molecule has 1 fully saturated rings. The van der Waals surface area contributed by atoms with Gasteiger partial charge in [0.1, 0.15) is 5.75 Å². The van der Waals surface area contributed by atoms with E-state index >= 15 is 0 Å². The number of halogens is 2. The standard InChI is InChI=1S/C22H34F2O/c1-2-3-4-5-6-7-18-8-10-19(11-9-18)12-13-20-14-16-21(17-15-20)25-22(23)24/h14-19,22H,2-13H2,1H3. The van der Waals surface area contributed by atoms with Crippen LogP contribution in [0.3, 0.4) is 0 Å². The number of hydrogen-bond donors (Lipinski definition) is 0. The predicted molar refractivity (Wildman–Crippen MR) is 100 cm³/mol. The Bertz CT molecular complexity index is 450. The molecular weight excluding hydrogens is 318 g/mol. The van der Waals surface area contributed by atoms with Crippen LogP contribution in [0.25, 0.3) is 0 Å². The highest BCUT2D eigenvalue weighted by atomic mass is 19.3. The maximum Gasteiger partial charge on any atom is 0.387 e. The van der Waals surface area contributed by atoms with Crippen LogP contribution in [0.5, 0.6) is 5.75 Å². The molecule has 1 nitrogen and oxygen atoms in total. The second-order valence-corrected chi connectivity index (χ2v) is 7.65. The lowest BCUT2D eigenvalue weighted by Crippen LogP contribution is -2.15. The highest BCUT2D eigenvalue weighted by Crippen LogP contribution is 2.34. The van der Waals surface area contributed by atoms with Gasteiger partial charge < -0.3 is 4.74 Å². The third-order valence-corrected chi connectivity index (χ3v) is 5.67. The van der Waals surface area contributed by atoms with Crippen molar-refractivity contribution >= 4 is 0 Å². The number of alkyl halides is 2. The SMILES string of the molecule is CCCCCCCC1CCC(CCc2ccc(OC(F)F)cc2)CC1. The first kappa shape index (κ1) is 20.2. The minimum Gasteiger partial charge on any atom is -0.435 e. The molecule has 0 spiro atoms. The quantitative estimate of drug-likeness (QED) is 0.377. The zero-order valence-corrected chi connectivity index (χ0v) is 15.7. The second-order valence-electron chi connectivity index (χ2n) is 7.65. The number of unbranched alkanes of at least 4 members (excludes halogenated alkanes) is 4. The van der Waals surface area contributed by atoms with Gasteiger partial charge in [0, 0.05) is 0 Å². The molecule has 0 radical (unpaired) electrons. The van der Waals surface area contributed by atoms with Crippen molar-refractivity contribution in [2.24, 2.45) is 11.8 Å². The van der Waals surface area contributed by atoms with Gasteiger partial charge in [0.25, 0.3) is 0 Å². The van der Waals surface area contributed by atoms with Crippen LogP contribution in [-0.2, 0) is 6.42 Å². The predicted octanol–water partition coefficient (Wildman–Crippen LogP) is 7.39. The van der Waals surface area contributed by atoms with E-state index in [4.69, 9.17) is 0 Å². The Kier molecular flexibility index (Phi) is 9.28. The zero-order chi connectivity index (χ0) is 17.9.